The molecule has 1 aliphatic carbocycles. The summed E-state index contributed by atoms with van der Waals surface area (Å²) in [6.45, 7) is 0. The van der Waals surface area contributed by atoms with Crippen LogP contribution in [-0.2, 0) is 12.8 Å². The molecule has 1 aliphatic rings. The van der Waals surface area contributed by atoms with Gasteiger partial charge in [-0.2, -0.15) is 0 Å². The highest BCUT2D eigenvalue weighted by molar-refractivity contribution is 9.10. The number of nitrogens with one attached hydrogen (secondary N) is 1. The van der Waals surface area contributed by atoms with Gasteiger partial charge in [0.25, 0.3) is 0 Å². The summed E-state index contributed by atoms with van der Waals surface area (Å²) in [5.41, 5.74) is 6.91. The minimum atomic E-state index is 0.206. The highest BCUT2D eigenvalue weighted by atomic mass is 79.9. The molecule has 2 aromatic rings. The number of rotatable bonds is 4. The third-order valence-electron chi connectivity index (χ3n) is 4.34. The first-order valence-corrected chi connectivity index (χ1v) is 8.22. The Morgan fingerprint density at radius 2 is 2.14 bits per heavy atom. The van der Waals surface area contributed by atoms with Crippen molar-refractivity contribution in [2.24, 2.45) is 5.84 Å². The maximum Gasteiger partial charge on any atom is 0.0482 e. The lowest BCUT2D eigenvalue weighted by Crippen LogP contribution is -2.42. The van der Waals surface area contributed by atoms with Gasteiger partial charge in [0.15, 0.2) is 0 Å². The molecule has 0 amide bonds. The maximum absolute atomic E-state index is 5.87. The second-order valence-corrected chi connectivity index (χ2v) is 6.47. The fourth-order valence-electron chi connectivity index (χ4n) is 3.26. The van der Waals surface area contributed by atoms with Crippen molar-refractivity contribution in [1.29, 1.82) is 0 Å². The van der Waals surface area contributed by atoms with E-state index in [0.29, 0.717) is 5.92 Å². The molecular weight excluding hydrogens is 326 g/mol. The van der Waals surface area contributed by atoms with Gasteiger partial charge in [0, 0.05) is 28.3 Å². The summed E-state index contributed by atoms with van der Waals surface area (Å²) in [5.74, 6) is 6.25. The van der Waals surface area contributed by atoms with E-state index in [1.807, 2.05) is 18.3 Å². The van der Waals surface area contributed by atoms with Gasteiger partial charge in [0.1, 0.15) is 0 Å². The SMILES string of the molecule is NNC(Cc1ccccc1Br)C1CCCc2cccnc21. The summed E-state index contributed by atoms with van der Waals surface area (Å²) in [4.78, 5) is 4.63. The van der Waals surface area contributed by atoms with E-state index in [2.05, 4.69) is 50.6 Å². The van der Waals surface area contributed by atoms with Crippen molar-refractivity contribution >= 4 is 15.9 Å². The van der Waals surface area contributed by atoms with Gasteiger partial charge in [-0.1, -0.05) is 40.2 Å². The number of nitrogens with zero attached hydrogens (tertiary/aromatic N) is 1. The molecule has 4 heteroatoms. The van der Waals surface area contributed by atoms with Crippen LogP contribution in [0.15, 0.2) is 47.1 Å². The summed E-state index contributed by atoms with van der Waals surface area (Å²) in [6, 6.07) is 12.8. The van der Waals surface area contributed by atoms with Gasteiger partial charge >= 0.3 is 0 Å². The van der Waals surface area contributed by atoms with Gasteiger partial charge in [-0.25, -0.2) is 0 Å². The maximum atomic E-state index is 5.87. The molecule has 0 spiro atoms. The first kappa shape index (κ1) is 14.7. The third-order valence-corrected chi connectivity index (χ3v) is 5.11. The van der Waals surface area contributed by atoms with E-state index in [-0.39, 0.29) is 6.04 Å². The highest BCUT2D eigenvalue weighted by Crippen LogP contribution is 2.34. The first-order chi connectivity index (χ1) is 10.3. The van der Waals surface area contributed by atoms with Crippen molar-refractivity contribution < 1.29 is 0 Å². The molecule has 110 valence electrons. The number of benzene rings is 1. The fourth-order valence-corrected chi connectivity index (χ4v) is 3.70. The molecule has 0 saturated carbocycles. The number of hydrogen-bond acceptors (Lipinski definition) is 3. The van der Waals surface area contributed by atoms with Crippen LogP contribution in [0, 0.1) is 0 Å². The van der Waals surface area contributed by atoms with E-state index in [0.717, 1.165) is 23.7 Å². The molecule has 1 heterocycles. The Kier molecular flexibility index (Phi) is 4.68. The Morgan fingerprint density at radius 3 is 2.95 bits per heavy atom. The number of aromatic nitrogens is 1. The van der Waals surface area contributed by atoms with Crippen molar-refractivity contribution in [2.75, 3.05) is 0 Å². The molecule has 0 aliphatic heterocycles. The minimum absolute atomic E-state index is 0.206. The quantitative estimate of drug-likeness (QED) is 0.660. The number of aryl methyl sites for hydroxylation is 1. The molecule has 0 fully saturated rings. The molecule has 1 aromatic heterocycles. The number of fused-ring (bicyclic) bond motifs is 1. The molecule has 0 bridgehead atoms. The zero-order valence-electron chi connectivity index (χ0n) is 11.9. The summed E-state index contributed by atoms with van der Waals surface area (Å²) < 4.78 is 1.14. The second kappa shape index (κ2) is 6.69. The average molecular weight is 346 g/mol. The summed E-state index contributed by atoms with van der Waals surface area (Å²) in [7, 11) is 0. The Balaban J connectivity index is 1.86. The number of halogens is 1. The van der Waals surface area contributed by atoms with Crippen molar-refractivity contribution in [3.63, 3.8) is 0 Å². The lowest BCUT2D eigenvalue weighted by molar-refractivity contribution is 0.387. The normalized spacial score (nSPS) is 19.0. The Bertz CT molecular complexity index is 614. The van der Waals surface area contributed by atoms with Crippen molar-refractivity contribution in [2.45, 2.75) is 37.6 Å². The van der Waals surface area contributed by atoms with Crippen molar-refractivity contribution in [1.82, 2.24) is 10.4 Å². The zero-order chi connectivity index (χ0) is 14.7. The van der Waals surface area contributed by atoms with Gasteiger partial charge in [0.05, 0.1) is 0 Å². The van der Waals surface area contributed by atoms with Crippen LogP contribution in [0.2, 0.25) is 0 Å². The van der Waals surface area contributed by atoms with Crippen LogP contribution in [-0.4, -0.2) is 11.0 Å². The largest absolute Gasteiger partial charge is 0.271 e. The Morgan fingerprint density at radius 1 is 1.29 bits per heavy atom. The number of nitrogens with two attached hydrogens (primary N) is 1. The van der Waals surface area contributed by atoms with E-state index in [9.17, 15) is 0 Å². The lowest BCUT2D eigenvalue weighted by atomic mass is 9.80. The Labute approximate surface area is 134 Å². The monoisotopic (exact) mass is 345 g/mol. The van der Waals surface area contributed by atoms with Crippen LogP contribution in [0.4, 0.5) is 0 Å². The molecule has 21 heavy (non-hydrogen) atoms. The molecule has 3 N–H and O–H groups in total. The smallest absolute Gasteiger partial charge is 0.0482 e. The van der Waals surface area contributed by atoms with E-state index >= 15 is 0 Å². The van der Waals surface area contributed by atoms with Crippen LogP contribution in [0.25, 0.3) is 0 Å². The second-order valence-electron chi connectivity index (χ2n) is 5.62. The predicted molar refractivity (Wildman–Crippen MR) is 88.9 cm³/mol. The molecule has 2 atom stereocenters. The van der Waals surface area contributed by atoms with Crippen LogP contribution in [0.3, 0.4) is 0 Å². The zero-order valence-corrected chi connectivity index (χ0v) is 13.5. The van der Waals surface area contributed by atoms with Gasteiger partial charge < -0.3 is 0 Å². The van der Waals surface area contributed by atoms with E-state index in [1.54, 1.807) is 0 Å². The van der Waals surface area contributed by atoms with E-state index in [1.165, 1.54) is 23.2 Å². The number of pyridine rings is 1. The van der Waals surface area contributed by atoms with Crippen molar-refractivity contribution in [3.05, 3.63) is 63.9 Å². The number of hydrazine groups is 1. The van der Waals surface area contributed by atoms with Gasteiger partial charge in [-0.3, -0.25) is 16.3 Å². The predicted octanol–water partition coefficient (Wildman–Crippen LogP) is 3.34. The fraction of sp³-hybridized carbons (Fsp3) is 0.353. The van der Waals surface area contributed by atoms with Crippen LogP contribution >= 0.6 is 15.9 Å². The molecule has 3 nitrogen and oxygen atoms in total. The summed E-state index contributed by atoms with van der Waals surface area (Å²) >= 11 is 3.63. The van der Waals surface area contributed by atoms with Gasteiger partial charge in [0.2, 0.25) is 0 Å². The Hall–Kier alpha value is -1.23. The standard InChI is InChI=1S/C17H20BrN3/c18-15-9-2-1-5-13(15)11-16(21-19)14-8-3-6-12-7-4-10-20-17(12)14/h1-2,4-5,7,9-10,14,16,21H,3,6,8,11,19H2. The minimum Gasteiger partial charge on any atom is -0.271 e. The molecule has 3 rings (SSSR count). The van der Waals surface area contributed by atoms with Crippen LogP contribution < -0.4 is 11.3 Å². The highest BCUT2D eigenvalue weighted by Gasteiger charge is 2.28. The summed E-state index contributed by atoms with van der Waals surface area (Å²) in [5, 5.41) is 0. The van der Waals surface area contributed by atoms with Crippen molar-refractivity contribution in [3.8, 4) is 0 Å². The van der Waals surface area contributed by atoms with Gasteiger partial charge in [-0.15, -0.1) is 0 Å². The molecule has 1 aromatic carbocycles. The first-order valence-electron chi connectivity index (χ1n) is 7.43. The van der Waals surface area contributed by atoms with Gasteiger partial charge in [-0.05, 0) is 48.9 Å². The molecule has 0 saturated heterocycles. The molecule has 0 radical (unpaired) electrons. The molecular formula is C17H20BrN3. The molecule has 2 unspecified atom stereocenters. The van der Waals surface area contributed by atoms with E-state index < -0.39 is 0 Å². The van der Waals surface area contributed by atoms with Crippen LogP contribution in [0.1, 0.15) is 35.6 Å². The van der Waals surface area contributed by atoms with E-state index in [4.69, 9.17) is 5.84 Å². The van der Waals surface area contributed by atoms with Crippen LogP contribution in [0.5, 0.6) is 0 Å². The number of hydrogen-bond donors (Lipinski definition) is 2. The lowest BCUT2D eigenvalue weighted by Gasteiger charge is -2.31. The topological polar surface area (TPSA) is 50.9 Å². The third kappa shape index (κ3) is 3.18. The summed E-state index contributed by atoms with van der Waals surface area (Å²) in [6.07, 6.45) is 6.27. The average Bonchev–Trinajstić information content (AvgIpc) is 2.54.